The first-order valence-electron chi connectivity index (χ1n) is 7.42. The summed E-state index contributed by atoms with van der Waals surface area (Å²) >= 11 is 0. The van der Waals surface area contributed by atoms with Gasteiger partial charge in [-0.25, -0.2) is 15.4 Å². The highest BCUT2D eigenvalue weighted by Gasteiger charge is 2.35. The van der Waals surface area contributed by atoms with Gasteiger partial charge in [-0.2, -0.15) is 0 Å². The van der Waals surface area contributed by atoms with Gasteiger partial charge in [0.2, 0.25) is 0 Å². The maximum atomic E-state index is 4.43. The molecule has 108 valence electrons. The van der Waals surface area contributed by atoms with Gasteiger partial charge in [0, 0.05) is 13.1 Å². The molecule has 5 nitrogen and oxygen atoms in total. The van der Waals surface area contributed by atoms with Crippen molar-refractivity contribution in [3.63, 3.8) is 0 Å². The molecule has 0 saturated carbocycles. The molecule has 2 heterocycles. The molecular weight excluding hydrogens is 262 g/mol. The molecule has 1 aromatic carbocycles. The van der Waals surface area contributed by atoms with Crippen molar-refractivity contribution in [1.29, 1.82) is 0 Å². The van der Waals surface area contributed by atoms with Crippen molar-refractivity contribution < 1.29 is 0 Å². The third-order valence-corrected chi connectivity index (χ3v) is 4.58. The minimum Gasteiger partial charge on any atom is -0.291 e. The zero-order valence-corrected chi connectivity index (χ0v) is 12.3. The Kier molecular flexibility index (Phi) is 2.90. The van der Waals surface area contributed by atoms with Gasteiger partial charge in [0.25, 0.3) is 0 Å². The molecule has 1 N–H and O–H groups in total. The van der Waals surface area contributed by atoms with E-state index in [0.717, 1.165) is 24.2 Å². The van der Waals surface area contributed by atoms with Crippen molar-refractivity contribution in [1.82, 2.24) is 20.5 Å². The molecule has 0 spiro atoms. The summed E-state index contributed by atoms with van der Waals surface area (Å²) in [6, 6.07) is 9.28. The Morgan fingerprint density at radius 2 is 2.14 bits per heavy atom. The van der Waals surface area contributed by atoms with Crippen molar-refractivity contribution in [3.05, 3.63) is 53.6 Å². The molecule has 2 aliphatic rings. The summed E-state index contributed by atoms with van der Waals surface area (Å²) in [5.41, 5.74) is 8.70. The van der Waals surface area contributed by atoms with Gasteiger partial charge in [-0.15, -0.1) is 5.12 Å². The van der Waals surface area contributed by atoms with Crippen LogP contribution < -0.4 is 10.4 Å². The fraction of sp³-hybridized carbons (Fsp3) is 0.375. The first-order valence-corrected chi connectivity index (χ1v) is 7.42. The number of anilines is 1. The summed E-state index contributed by atoms with van der Waals surface area (Å²) in [4.78, 5) is 8.56. The molecule has 1 aliphatic carbocycles. The highest BCUT2D eigenvalue weighted by molar-refractivity contribution is 5.52. The van der Waals surface area contributed by atoms with Crippen LogP contribution in [0.25, 0.3) is 0 Å². The van der Waals surface area contributed by atoms with Crippen LogP contribution in [0.3, 0.4) is 0 Å². The largest absolute Gasteiger partial charge is 0.291 e. The third kappa shape index (κ3) is 1.92. The van der Waals surface area contributed by atoms with Gasteiger partial charge in [-0.05, 0) is 30.9 Å². The number of benzene rings is 1. The summed E-state index contributed by atoms with van der Waals surface area (Å²) in [5, 5.41) is 4.28. The molecule has 2 unspecified atom stereocenters. The molecule has 1 aromatic heterocycles. The van der Waals surface area contributed by atoms with E-state index in [9.17, 15) is 0 Å². The maximum absolute atomic E-state index is 4.43. The van der Waals surface area contributed by atoms with Crippen LogP contribution in [0.2, 0.25) is 0 Å². The van der Waals surface area contributed by atoms with Crippen LogP contribution in [-0.4, -0.2) is 22.1 Å². The van der Waals surface area contributed by atoms with E-state index in [4.69, 9.17) is 0 Å². The van der Waals surface area contributed by atoms with E-state index in [1.165, 1.54) is 11.1 Å². The molecule has 5 heteroatoms. The normalized spacial score (nSPS) is 24.2. The number of aromatic nitrogens is 2. The second-order valence-corrected chi connectivity index (χ2v) is 5.76. The van der Waals surface area contributed by atoms with Crippen LogP contribution in [0, 0.1) is 0 Å². The molecule has 1 aliphatic heterocycles. The zero-order chi connectivity index (χ0) is 14.4. The first kappa shape index (κ1) is 12.7. The highest BCUT2D eigenvalue weighted by atomic mass is 15.8. The fourth-order valence-corrected chi connectivity index (χ4v) is 3.44. The van der Waals surface area contributed by atoms with Crippen LogP contribution in [0.1, 0.15) is 42.2 Å². The lowest BCUT2D eigenvalue weighted by molar-refractivity contribution is 0.115. The Bertz CT molecular complexity index is 642. The second-order valence-electron chi connectivity index (χ2n) is 5.76. The molecule has 21 heavy (non-hydrogen) atoms. The smallest absolute Gasteiger partial charge is 0.115 e. The lowest BCUT2D eigenvalue weighted by Gasteiger charge is -2.32. The van der Waals surface area contributed by atoms with Crippen LogP contribution in [0.4, 0.5) is 5.69 Å². The zero-order valence-electron chi connectivity index (χ0n) is 12.3. The van der Waals surface area contributed by atoms with Gasteiger partial charge < -0.3 is 0 Å². The first-order chi connectivity index (χ1) is 10.3. The third-order valence-electron chi connectivity index (χ3n) is 4.58. The van der Waals surface area contributed by atoms with E-state index in [2.05, 4.69) is 63.8 Å². The summed E-state index contributed by atoms with van der Waals surface area (Å²) in [6.45, 7) is 2.17. The van der Waals surface area contributed by atoms with Gasteiger partial charge in [0.1, 0.15) is 6.33 Å². The van der Waals surface area contributed by atoms with Crippen molar-refractivity contribution in [2.24, 2.45) is 0 Å². The number of fused-ring (bicyclic) bond motifs is 2. The van der Waals surface area contributed by atoms with E-state index >= 15 is 0 Å². The van der Waals surface area contributed by atoms with Gasteiger partial charge >= 0.3 is 0 Å². The molecule has 0 fully saturated rings. The highest BCUT2D eigenvalue weighted by Crippen LogP contribution is 2.38. The summed E-state index contributed by atoms with van der Waals surface area (Å²) in [5.74, 6) is 0. The van der Waals surface area contributed by atoms with Gasteiger partial charge in [0.15, 0.2) is 0 Å². The minimum absolute atomic E-state index is 0.209. The Hall–Kier alpha value is -1.98. The summed E-state index contributed by atoms with van der Waals surface area (Å²) in [6.07, 6.45) is 5.78. The number of hydrogen-bond acceptors (Lipinski definition) is 5. The minimum atomic E-state index is 0.209. The molecule has 2 aromatic rings. The number of hydrazine groups is 2. The fourth-order valence-electron chi connectivity index (χ4n) is 3.44. The van der Waals surface area contributed by atoms with E-state index in [0.29, 0.717) is 6.04 Å². The predicted octanol–water partition coefficient (Wildman–Crippen LogP) is 2.40. The van der Waals surface area contributed by atoms with Crippen LogP contribution in [0.5, 0.6) is 0 Å². The molecule has 2 atom stereocenters. The molecular formula is C16H19N5. The number of rotatable bonds is 2. The molecule has 0 saturated heterocycles. The average Bonchev–Trinajstić information content (AvgIpc) is 3.04. The lowest BCUT2D eigenvalue weighted by atomic mass is 10.1. The monoisotopic (exact) mass is 281 g/mol. The van der Waals surface area contributed by atoms with Crippen LogP contribution >= 0.6 is 0 Å². The molecule has 0 bridgehead atoms. The topological polar surface area (TPSA) is 44.3 Å². The second kappa shape index (κ2) is 4.79. The van der Waals surface area contributed by atoms with Crippen molar-refractivity contribution in [2.45, 2.75) is 31.8 Å². The quantitative estimate of drug-likeness (QED) is 0.915. The van der Waals surface area contributed by atoms with Gasteiger partial charge in [-0.3, -0.25) is 5.01 Å². The standard InChI is InChI=1S/C16H19N5/c1-11-16-15(9-17-10-18-16)20(2)21(11)19-14-8-7-12-5-3-4-6-13(12)14/h3-6,9-11,14,19H,7-8H2,1-2H3. The number of nitrogens with one attached hydrogen (secondary N) is 1. The van der Waals surface area contributed by atoms with E-state index in [1.807, 2.05) is 6.20 Å². The van der Waals surface area contributed by atoms with E-state index in [1.54, 1.807) is 6.33 Å². The average molecular weight is 281 g/mol. The summed E-state index contributed by atoms with van der Waals surface area (Å²) < 4.78 is 0. The SMILES string of the molecule is CC1c2ncncc2N(C)N1NC1CCc2ccccc21. The Labute approximate surface area is 124 Å². The Balaban J connectivity index is 1.60. The van der Waals surface area contributed by atoms with Crippen molar-refractivity contribution >= 4 is 5.69 Å². The lowest BCUT2D eigenvalue weighted by Crippen LogP contribution is -2.47. The molecule has 4 rings (SSSR count). The van der Waals surface area contributed by atoms with Crippen molar-refractivity contribution in [2.75, 3.05) is 12.1 Å². The number of aryl methyl sites for hydroxylation is 1. The Morgan fingerprint density at radius 1 is 1.29 bits per heavy atom. The Morgan fingerprint density at radius 3 is 3.00 bits per heavy atom. The van der Waals surface area contributed by atoms with Gasteiger partial charge in [-0.1, -0.05) is 24.3 Å². The van der Waals surface area contributed by atoms with Gasteiger partial charge in [0.05, 0.1) is 23.6 Å². The van der Waals surface area contributed by atoms with Crippen LogP contribution in [-0.2, 0) is 6.42 Å². The summed E-state index contributed by atoms with van der Waals surface area (Å²) in [7, 11) is 2.06. The van der Waals surface area contributed by atoms with Crippen LogP contribution in [0.15, 0.2) is 36.8 Å². The number of nitrogens with zero attached hydrogens (tertiary/aromatic N) is 4. The molecule has 0 amide bonds. The van der Waals surface area contributed by atoms with E-state index in [-0.39, 0.29) is 6.04 Å². The molecule has 0 radical (unpaired) electrons. The maximum Gasteiger partial charge on any atom is 0.115 e. The van der Waals surface area contributed by atoms with E-state index < -0.39 is 0 Å². The number of hydrogen-bond donors (Lipinski definition) is 1. The predicted molar refractivity (Wildman–Crippen MR) is 81.3 cm³/mol. The van der Waals surface area contributed by atoms with Crippen molar-refractivity contribution in [3.8, 4) is 0 Å².